The molecule has 1 aliphatic heterocycles. The van der Waals surface area contributed by atoms with Gasteiger partial charge in [0.25, 0.3) is 0 Å². The van der Waals surface area contributed by atoms with Crippen LogP contribution in [-0.4, -0.2) is 63.8 Å². The van der Waals surface area contributed by atoms with Gasteiger partial charge >= 0.3 is 0 Å². The summed E-state index contributed by atoms with van der Waals surface area (Å²) in [5.41, 5.74) is 5.55. The number of nitrogens with two attached hydrogens (primary N) is 1. The van der Waals surface area contributed by atoms with Crippen LogP contribution in [0.5, 0.6) is 0 Å². The fourth-order valence-electron chi connectivity index (χ4n) is 2.26. The third-order valence-corrected chi connectivity index (χ3v) is 3.61. The Morgan fingerprint density at radius 2 is 2.12 bits per heavy atom. The Morgan fingerprint density at radius 3 is 2.50 bits per heavy atom. The summed E-state index contributed by atoms with van der Waals surface area (Å²) in [6.07, 6.45) is 0.704. The van der Waals surface area contributed by atoms with Crippen LogP contribution in [0.3, 0.4) is 0 Å². The van der Waals surface area contributed by atoms with Crippen molar-refractivity contribution in [2.24, 2.45) is 5.73 Å². The van der Waals surface area contributed by atoms with Crippen molar-refractivity contribution < 1.29 is 14.2 Å². The first-order valence-electron chi connectivity index (χ1n) is 5.66. The van der Waals surface area contributed by atoms with E-state index in [1.165, 1.54) is 0 Å². The molecule has 1 heterocycles. The van der Waals surface area contributed by atoms with Crippen molar-refractivity contribution in [3.8, 4) is 0 Å². The summed E-state index contributed by atoms with van der Waals surface area (Å²) in [5, 5.41) is 0. The van der Waals surface area contributed by atoms with E-state index >= 15 is 0 Å². The van der Waals surface area contributed by atoms with Gasteiger partial charge in [0.05, 0.1) is 12.1 Å². The van der Waals surface area contributed by atoms with E-state index in [1.54, 1.807) is 14.2 Å². The highest BCUT2D eigenvalue weighted by Gasteiger charge is 2.41. The van der Waals surface area contributed by atoms with E-state index < -0.39 is 0 Å². The maximum absolute atomic E-state index is 5.89. The first-order chi connectivity index (χ1) is 7.60. The molecule has 96 valence electrons. The zero-order valence-electron chi connectivity index (χ0n) is 10.7. The van der Waals surface area contributed by atoms with Crippen LogP contribution in [-0.2, 0) is 14.2 Å². The van der Waals surface area contributed by atoms with E-state index in [4.69, 9.17) is 19.9 Å². The summed E-state index contributed by atoms with van der Waals surface area (Å²) in [6, 6.07) is 0.390. The smallest absolute Gasteiger partial charge is 0.176 e. The van der Waals surface area contributed by atoms with Crippen LogP contribution in [0.15, 0.2) is 0 Å². The second-order valence-electron chi connectivity index (χ2n) is 4.49. The van der Waals surface area contributed by atoms with E-state index in [1.807, 2.05) is 0 Å². The molecule has 1 fully saturated rings. The summed E-state index contributed by atoms with van der Waals surface area (Å²) in [7, 11) is 5.33. The first kappa shape index (κ1) is 13.9. The second-order valence-corrected chi connectivity index (χ2v) is 4.49. The minimum atomic E-state index is -0.331. The van der Waals surface area contributed by atoms with Gasteiger partial charge < -0.3 is 19.9 Å². The van der Waals surface area contributed by atoms with Gasteiger partial charge in [-0.3, -0.25) is 4.90 Å². The van der Waals surface area contributed by atoms with Gasteiger partial charge in [-0.15, -0.1) is 0 Å². The normalized spacial score (nSPS) is 25.3. The monoisotopic (exact) mass is 232 g/mol. The summed E-state index contributed by atoms with van der Waals surface area (Å²) < 4.78 is 16.1. The van der Waals surface area contributed by atoms with Crippen molar-refractivity contribution in [3.63, 3.8) is 0 Å². The molecule has 1 saturated heterocycles. The van der Waals surface area contributed by atoms with Gasteiger partial charge in [-0.1, -0.05) is 0 Å². The Balaban J connectivity index is 2.76. The SMILES string of the molecule is COC(OC)C(C)(CN)N(C)C1CCOC1. The van der Waals surface area contributed by atoms with E-state index in [-0.39, 0.29) is 11.8 Å². The Morgan fingerprint density at radius 1 is 1.50 bits per heavy atom. The molecule has 0 saturated carbocycles. The van der Waals surface area contributed by atoms with E-state index in [0.717, 1.165) is 19.6 Å². The summed E-state index contributed by atoms with van der Waals surface area (Å²) >= 11 is 0. The number of nitrogens with zero attached hydrogens (tertiary/aromatic N) is 1. The quantitative estimate of drug-likeness (QED) is 0.655. The molecular weight excluding hydrogens is 208 g/mol. The van der Waals surface area contributed by atoms with Crippen molar-refractivity contribution in [1.29, 1.82) is 0 Å². The minimum Gasteiger partial charge on any atom is -0.380 e. The highest BCUT2D eigenvalue weighted by molar-refractivity contribution is 4.93. The van der Waals surface area contributed by atoms with Crippen molar-refractivity contribution in [2.75, 3.05) is 41.0 Å². The van der Waals surface area contributed by atoms with E-state index in [0.29, 0.717) is 12.6 Å². The lowest BCUT2D eigenvalue weighted by Crippen LogP contribution is -2.62. The Hall–Kier alpha value is -0.200. The molecule has 16 heavy (non-hydrogen) atoms. The number of hydrogen-bond donors (Lipinski definition) is 1. The van der Waals surface area contributed by atoms with Crippen molar-refractivity contribution >= 4 is 0 Å². The topological polar surface area (TPSA) is 57.0 Å². The number of likely N-dealkylation sites (N-methyl/N-ethyl adjacent to an activating group) is 1. The van der Waals surface area contributed by atoms with E-state index in [9.17, 15) is 0 Å². The van der Waals surface area contributed by atoms with Gasteiger partial charge in [0.15, 0.2) is 6.29 Å². The van der Waals surface area contributed by atoms with Crippen molar-refractivity contribution in [1.82, 2.24) is 4.90 Å². The molecule has 0 spiro atoms. The Kier molecular flexibility index (Phi) is 5.14. The largest absolute Gasteiger partial charge is 0.380 e. The van der Waals surface area contributed by atoms with Crippen LogP contribution >= 0.6 is 0 Å². The molecule has 2 unspecified atom stereocenters. The van der Waals surface area contributed by atoms with Gasteiger partial charge in [0, 0.05) is 33.4 Å². The van der Waals surface area contributed by atoms with Gasteiger partial charge in [0.1, 0.15) is 0 Å². The van der Waals surface area contributed by atoms with Gasteiger partial charge in [-0.2, -0.15) is 0 Å². The number of methoxy groups -OCH3 is 2. The molecule has 0 radical (unpaired) electrons. The highest BCUT2D eigenvalue weighted by atomic mass is 16.7. The molecule has 0 amide bonds. The lowest BCUT2D eigenvalue weighted by Gasteiger charge is -2.44. The standard InChI is InChI=1S/C11H24N2O3/c1-11(8-12,10(14-3)15-4)13(2)9-5-6-16-7-9/h9-10H,5-8,12H2,1-4H3. The van der Waals surface area contributed by atoms with Crippen LogP contribution in [0, 0.1) is 0 Å². The average molecular weight is 232 g/mol. The molecule has 0 aromatic heterocycles. The molecule has 0 aromatic rings. The second kappa shape index (κ2) is 5.93. The minimum absolute atomic E-state index is 0.330. The Labute approximate surface area is 97.8 Å². The van der Waals surface area contributed by atoms with Crippen LogP contribution in [0.2, 0.25) is 0 Å². The molecule has 2 N–H and O–H groups in total. The van der Waals surface area contributed by atoms with Crippen LogP contribution < -0.4 is 5.73 Å². The zero-order chi connectivity index (χ0) is 12.2. The Bertz CT molecular complexity index is 205. The number of ether oxygens (including phenoxy) is 3. The van der Waals surface area contributed by atoms with Crippen LogP contribution in [0.4, 0.5) is 0 Å². The van der Waals surface area contributed by atoms with Gasteiger partial charge in [-0.05, 0) is 20.4 Å². The molecule has 5 heteroatoms. The fourth-order valence-corrected chi connectivity index (χ4v) is 2.26. The molecular formula is C11H24N2O3. The maximum Gasteiger partial charge on any atom is 0.176 e. The first-order valence-corrected chi connectivity index (χ1v) is 5.66. The molecule has 1 rings (SSSR count). The van der Waals surface area contributed by atoms with Crippen LogP contribution in [0.1, 0.15) is 13.3 Å². The summed E-state index contributed by atoms with van der Waals surface area (Å²) in [5.74, 6) is 0. The lowest BCUT2D eigenvalue weighted by molar-refractivity contribution is -0.183. The lowest BCUT2D eigenvalue weighted by atomic mass is 9.97. The third-order valence-electron chi connectivity index (χ3n) is 3.61. The molecule has 0 aromatic carbocycles. The molecule has 1 aliphatic rings. The van der Waals surface area contributed by atoms with Crippen LogP contribution in [0.25, 0.3) is 0 Å². The fraction of sp³-hybridized carbons (Fsp3) is 1.00. The molecule has 2 atom stereocenters. The molecule has 5 nitrogen and oxygen atoms in total. The number of rotatable bonds is 6. The van der Waals surface area contributed by atoms with Gasteiger partial charge in [0.2, 0.25) is 0 Å². The average Bonchev–Trinajstić information content (AvgIpc) is 2.82. The van der Waals surface area contributed by atoms with Crippen molar-refractivity contribution in [2.45, 2.75) is 31.2 Å². The van der Waals surface area contributed by atoms with E-state index in [2.05, 4.69) is 18.9 Å². The predicted molar refractivity (Wildman–Crippen MR) is 62.3 cm³/mol. The molecule has 0 bridgehead atoms. The zero-order valence-corrected chi connectivity index (χ0v) is 10.7. The molecule has 0 aliphatic carbocycles. The number of hydrogen-bond acceptors (Lipinski definition) is 5. The summed E-state index contributed by atoms with van der Waals surface area (Å²) in [6.45, 7) is 4.11. The summed E-state index contributed by atoms with van der Waals surface area (Å²) in [4.78, 5) is 2.22. The third kappa shape index (κ3) is 2.55. The highest BCUT2D eigenvalue weighted by Crippen LogP contribution is 2.25. The predicted octanol–water partition coefficient (Wildman–Crippen LogP) is 0.0434. The van der Waals surface area contributed by atoms with Gasteiger partial charge in [-0.25, -0.2) is 0 Å². The van der Waals surface area contributed by atoms with Crippen molar-refractivity contribution in [3.05, 3.63) is 0 Å². The maximum atomic E-state index is 5.89.